The van der Waals surface area contributed by atoms with Gasteiger partial charge in [0.15, 0.2) is 0 Å². The number of anilines is 3. The van der Waals surface area contributed by atoms with Gasteiger partial charge in [0.25, 0.3) is 0 Å². The molecule has 0 saturated heterocycles. The molecule has 0 aliphatic carbocycles. The van der Waals surface area contributed by atoms with Crippen LogP contribution in [0.4, 0.5) is 17.5 Å². The lowest BCUT2D eigenvalue weighted by Crippen LogP contribution is -2.06. The Morgan fingerprint density at radius 1 is 1.24 bits per heavy atom. The fraction of sp³-hybridized carbons (Fsp3) is 0.333. The number of nitrogens with one attached hydrogen (secondary N) is 2. The van der Waals surface area contributed by atoms with Gasteiger partial charge in [0.05, 0.1) is 12.1 Å². The van der Waals surface area contributed by atoms with Crippen LogP contribution >= 0.6 is 11.6 Å². The summed E-state index contributed by atoms with van der Waals surface area (Å²) in [6.07, 6.45) is 1.04. The number of halogens is 1. The lowest BCUT2D eigenvalue weighted by Gasteiger charge is -2.10. The number of benzene rings is 1. The van der Waals surface area contributed by atoms with E-state index >= 15 is 0 Å². The molecule has 6 heteroatoms. The van der Waals surface area contributed by atoms with Crippen LogP contribution in [0.15, 0.2) is 24.3 Å². The first-order valence-electron chi connectivity index (χ1n) is 6.82. The Balaban J connectivity index is 2.18. The van der Waals surface area contributed by atoms with Crippen molar-refractivity contribution in [3.63, 3.8) is 0 Å². The van der Waals surface area contributed by atoms with Gasteiger partial charge in [-0.3, -0.25) is 0 Å². The maximum Gasteiger partial charge on any atom is 0.229 e. The molecule has 0 radical (unpaired) electrons. The van der Waals surface area contributed by atoms with Crippen LogP contribution in [0.1, 0.15) is 19.0 Å². The molecule has 2 aromatic rings. The van der Waals surface area contributed by atoms with Gasteiger partial charge in [-0.1, -0.05) is 18.5 Å². The van der Waals surface area contributed by atoms with Crippen molar-refractivity contribution in [1.82, 2.24) is 9.97 Å². The van der Waals surface area contributed by atoms with Crippen molar-refractivity contribution in [3.05, 3.63) is 35.0 Å². The van der Waals surface area contributed by atoms with Crippen molar-refractivity contribution in [2.24, 2.45) is 0 Å². The van der Waals surface area contributed by atoms with E-state index in [1.54, 1.807) is 19.2 Å². The standard InChI is InChI=1S/C15H19ClN4O/c1-4-7-17-14-8-10(2)18-15(20-14)19-11-5-6-13(21-3)12(16)9-11/h5-6,8-9H,4,7H2,1-3H3,(H2,17,18,19,20). The summed E-state index contributed by atoms with van der Waals surface area (Å²) in [6.45, 7) is 4.93. The van der Waals surface area contributed by atoms with E-state index < -0.39 is 0 Å². The fourth-order valence-electron chi connectivity index (χ4n) is 1.84. The highest BCUT2D eigenvalue weighted by atomic mass is 35.5. The second-order valence-electron chi connectivity index (χ2n) is 4.62. The van der Waals surface area contributed by atoms with Gasteiger partial charge in [-0.25, -0.2) is 4.98 Å². The maximum absolute atomic E-state index is 6.11. The SMILES string of the molecule is CCCNc1cc(C)nc(Nc2ccc(OC)c(Cl)c2)n1. The van der Waals surface area contributed by atoms with E-state index in [1.165, 1.54) is 0 Å². The Morgan fingerprint density at radius 3 is 2.71 bits per heavy atom. The van der Waals surface area contributed by atoms with Gasteiger partial charge in [0.2, 0.25) is 5.95 Å². The molecule has 2 rings (SSSR count). The number of rotatable bonds is 6. The molecule has 0 amide bonds. The first-order valence-corrected chi connectivity index (χ1v) is 7.20. The predicted molar refractivity (Wildman–Crippen MR) is 86.8 cm³/mol. The molecule has 0 aliphatic rings. The minimum atomic E-state index is 0.537. The highest BCUT2D eigenvalue weighted by Crippen LogP contribution is 2.28. The summed E-state index contributed by atoms with van der Waals surface area (Å²) in [5.41, 5.74) is 1.71. The molecule has 1 aromatic heterocycles. The fourth-order valence-corrected chi connectivity index (χ4v) is 2.10. The van der Waals surface area contributed by atoms with Crippen LogP contribution < -0.4 is 15.4 Å². The number of nitrogens with zero attached hydrogens (tertiary/aromatic N) is 2. The van der Waals surface area contributed by atoms with E-state index in [-0.39, 0.29) is 0 Å². The molecule has 0 aliphatic heterocycles. The van der Waals surface area contributed by atoms with Crippen LogP contribution in [0.2, 0.25) is 5.02 Å². The number of aromatic nitrogens is 2. The zero-order valence-corrected chi connectivity index (χ0v) is 13.2. The Labute approximate surface area is 129 Å². The Hall–Kier alpha value is -2.01. The molecular weight excluding hydrogens is 288 g/mol. The first kappa shape index (κ1) is 15.4. The molecule has 0 atom stereocenters. The van der Waals surface area contributed by atoms with E-state index in [2.05, 4.69) is 27.5 Å². The minimum absolute atomic E-state index is 0.537. The zero-order valence-electron chi connectivity index (χ0n) is 12.4. The van der Waals surface area contributed by atoms with Gasteiger partial charge in [-0.15, -0.1) is 0 Å². The molecule has 0 unspecified atom stereocenters. The van der Waals surface area contributed by atoms with Crippen LogP contribution in [0.5, 0.6) is 5.75 Å². The van der Waals surface area contributed by atoms with Gasteiger partial charge >= 0.3 is 0 Å². The first-order chi connectivity index (χ1) is 10.1. The summed E-state index contributed by atoms with van der Waals surface area (Å²) in [6, 6.07) is 7.37. The van der Waals surface area contributed by atoms with Crippen LogP contribution in [-0.2, 0) is 0 Å². The molecule has 112 valence electrons. The summed E-state index contributed by atoms with van der Waals surface area (Å²) >= 11 is 6.11. The molecule has 2 N–H and O–H groups in total. The average Bonchev–Trinajstić information content (AvgIpc) is 2.45. The van der Waals surface area contributed by atoms with Crippen LogP contribution in [0.3, 0.4) is 0 Å². The van der Waals surface area contributed by atoms with Crippen molar-refractivity contribution >= 4 is 29.1 Å². The number of aryl methyl sites for hydroxylation is 1. The van der Waals surface area contributed by atoms with E-state index in [9.17, 15) is 0 Å². The van der Waals surface area contributed by atoms with Crippen molar-refractivity contribution < 1.29 is 4.74 Å². The molecule has 0 fully saturated rings. The van der Waals surface area contributed by atoms with Gasteiger partial charge in [0.1, 0.15) is 11.6 Å². The van der Waals surface area contributed by atoms with E-state index in [0.717, 1.165) is 30.2 Å². The molecule has 1 heterocycles. The third-order valence-electron chi connectivity index (χ3n) is 2.82. The van der Waals surface area contributed by atoms with E-state index in [4.69, 9.17) is 16.3 Å². The number of hydrogen-bond acceptors (Lipinski definition) is 5. The molecule has 0 bridgehead atoms. The summed E-state index contributed by atoms with van der Waals surface area (Å²) in [4.78, 5) is 8.80. The average molecular weight is 307 g/mol. The molecular formula is C15H19ClN4O. The second-order valence-corrected chi connectivity index (χ2v) is 5.03. The maximum atomic E-state index is 6.11. The molecule has 21 heavy (non-hydrogen) atoms. The van der Waals surface area contributed by atoms with Gasteiger partial charge < -0.3 is 15.4 Å². The van der Waals surface area contributed by atoms with Gasteiger partial charge in [-0.2, -0.15) is 4.98 Å². The van der Waals surface area contributed by atoms with E-state index in [1.807, 2.05) is 19.1 Å². The quantitative estimate of drug-likeness (QED) is 0.844. The number of hydrogen-bond donors (Lipinski definition) is 2. The third kappa shape index (κ3) is 4.23. The van der Waals surface area contributed by atoms with Crippen molar-refractivity contribution in [3.8, 4) is 5.75 Å². The summed E-state index contributed by atoms with van der Waals surface area (Å²) in [7, 11) is 1.59. The molecule has 0 saturated carbocycles. The highest BCUT2D eigenvalue weighted by molar-refractivity contribution is 6.32. The Morgan fingerprint density at radius 2 is 2.05 bits per heavy atom. The summed E-state index contributed by atoms with van der Waals surface area (Å²) in [5, 5.41) is 6.95. The third-order valence-corrected chi connectivity index (χ3v) is 3.11. The van der Waals surface area contributed by atoms with Crippen molar-refractivity contribution in [1.29, 1.82) is 0 Å². The highest BCUT2D eigenvalue weighted by Gasteiger charge is 2.05. The Bertz CT molecular complexity index is 619. The second kappa shape index (κ2) is 7.13. The lowest BCUT2D eigenvalue weighted by atomic mass is 10.3. The largest absolute Gasteiger partial charge is 0.495 e. The van der Waals surface area contributed by atoms with Crippen LogP contribution in [0, 0.1) is 6.92 Å². The summed E-state index contributed by atoms with van der Waals surface area (Å²) < 4.78 is 5.13. The normalized spacial score (nSPS) is 10.3. The Kier molecular flexibility index (Phi) is 5.22. The van der Waals surface area contributed by atoms with Gasteiger partial charge in [-0.05, 0) is 31.5 Å². The number of ether oxygens (including phenoxy) is 1. The topological polar surface area (TPSA) is 59.1 Å². The monoisotopic (exact) mass is 306 g/mol. The molecule has 1 aromatic carbocycles. The van der Waals surface area contributed by atoms with Crippen molar-refractivity contribution in [2.45, 2.75) is 20.3 Å². The molecule has 5 nitrogen and oxygen atoms in total. The minimum Gasteiger partial charge on any atom is -0.495 e. The van der Waals surface area contributed by atoms with E-state index in [0.29, 0.717) is 16.7 Å². The van der Waals surface area contributed by atoms with Crippen LogP contribution in [0.25, 0.3) is 0 Å². The number of methoxy groups -OCH3 is 1. The predicted octanol–water partition coefficient (Wildman–Crippen LogP) is 4.01. The summed E-state index contributed by atoms with van der Waals surface area (Å²) in [5.74, 6) is 1.99. The van der Waals surface area contributed by atoms with Gasteiger partial charge in [0, 0.05) is 24.0 Å². The van der Waals surface area contributed by atoms with Crippen LogP contribution in [-0.4, -0.2) is 23.6 Å². The lowest BCUT2D eigenvalue weighted by molar-refractivity contribution is 0.415. The van der Waals surface area contributed by atoms with Crippen molar-refractivity contribution in [2.75, 3.05) is 24.3 Å². The molecule has 0 spiro atoms. The zero-order chi connectivity index (χ0) is 15.2. The smallest absolute Gasteiger partial charge is 0.229 e.